The first-order chi connectivity index (χ1) is 12.9. The quantitative estimate of drug-likeness (QED) is 0.717. The highest BCUT2D eigenvalue weighted by atomic mass is 35.5. The van der Waals surface area contributed by atoms with Gasteiger partial charge in [-0.25, -0.2) is 0 Å². The minimum Gasteiger partial charge on any atom is -0.326 e. The number of carbonyl (C=O) groups is 2. The van der Waals surface area contributed by atoms with Gasteiger partial charge in [0.2, 0.25) is 11.8 Å². The van der Waals surface area contributed by atoms with Gasteiger partial charge in [0.05, 0.1) is 6.04 Å². The van der Waals surface area contributed by atoms with Crippen LogP contribution in [0.5, 0.6) is 0 Å². The molecule has 2 aromatic rings. The summed E-state index contributed by atoms with van der Waals surface area (Å²) in [5, 5.41) is 5.64. The number of amides is 2. The van der Waals surface area contributed by atoms with Crippen molar-refractivity contribution in [2.45, 2.75) is 31.8 Å². The van der Waals surface area contributed by atoms with E-state index in [1.165, 1.54) is 12.5 Å². The Morgan fingerprint density at radius 2 is 1.68 bits per heavy atom. The SMILES string of the molecule is CC(=O)Nc1cccc(NC(=O)C(C)N2C[C@@H](N)[C@H](c3ccccc3)C2)c1.Cl. The Bertz CT molecular complexity index is 815. The van der Waals surface area contributed by atoms with Gasteiger partial charge in [-0.15, -0.1) is 12.4 Å². The maximum atomic E-state index is 12.7. The fourth-order valence-corrected chi connectivity index (χ4v) is 3.52. The molecular formula is C21H27ClN4O2. The first-order valence-corrected chi connectivity index (χ1v) is 9.17. The van der Waals surface area contributed by atoms with E-state index in [2.05, 4.69) is 27.7 Å². The molecule has 0 spiro atoms. The monoisotopic (exact) mass is 402 g/mol. The van der Waals surface area contributed by atoms with Crippen molar-refractivity contribution in [1.82, 2.24) is 4.90 Å². The van der Waals surface area contributed by atoms with Crippen LogP contribution in [0.1, 0.15) is 25.3 Å². The molecule has 0 aliphatic carbocycles. The molecule has 6 nitrogen and oxygen atoms in total. The Labute approximate surface area is 171 Å². The predicted molar refractivity (Wildman–Crippen MR) is 115 cm³/mol. The zero-order valence-electron chi connectivity index (χ0n) is 16.1. The maximum Gasteiger partial charge on any atom is 0.241 e. The molecule has 0 bridgehead atoms. The van der Waals surface area contributed by atoms with Crippen molar-refractivity contribution >= 4 is 35.6 Å². The van der Waals surface area contributed by atoms with Crippen molar-refractivity contribution in [3.8, 4) is 0 Å². The third-order valence-electron chi connectivity index (χ3n) is 5.00. The minimum absolute atomic E-state index is 0. The lowest BCUT2D eigenvalue weighted by atomic mass is 9.95. The molecule has 0 saturated carbocycles. The summed E-state index contributed by atoms with van der Waals surface area (Å²) < 4.78 is 0. The fraction of sp³-hybridized carbons (Fsp3) is 0.333. The number of nitrogens with two attached hydrogens (primary N) is 1. The van der Waals surface area contributed by atoms with Gasteiger partial charge < -0.3 is 16.4 Å². The molecule has 4 N–H and O–H groups in total. The summed E-state index contributed by atoms with van der Waals surface area (Å²) in [7, 11) is 0. The molecule has 3 atom stereocenters. The van der Waals surface area contributed by atoms with Crippen LogP contribution in [0.4, 0.5) is 11.4 Å². The van der Waals surface area contributed by atoms with Crippen molar-refractivity contribution in [2.24, 2.45) is 5.73 Å². The lowest BCUT2D eigenvalue weighted by Gasteiger charge is -2.23. The molecule has 1 unspecified atom stereocenters. The summed E-state index contributed by atoms with van der Waals surface area (Å²) in [6, 6.07) is 17.0. The Balaban J connectivity index is 0.00000280. The van der Waals surface area contributed by atoms with Crippen LogP contribution in [-0.4, -0.2) is 41.9 Å². The number of hydrogen-bond acceptors (Lipinski definition) is 4. The van der Waals surface area contributed by atoms with E-state index in [-0.39, 0.29) is 42.2 Å². The Kier molecular flexibility index (Phi) is 7.57. The summed E-state index contributed by atoms with van der Waals surface area (Å²) in [5.41, 5.74) is 8.86. The second-order valence-electron chi connectivity index (χ2n) is 7.06. The van der Waals surface area contributed by atoms with Crippen molar-refractivity contribution in [2.75, 3.05) is 23.7 Å². The van der Waals surface area contributed by atoms with Gasteiger partial charge in [-0.3, -0.25) is 14.5 Å². The highest BCUT2D eigenvalue weighted by Crippen LogP contribution is 2.28. The largest absolute Gasteiger partial charge is 0.326 e. The third kappa shape index (κ3) is 5.32. The maximum absolute atomic E-state index is 12.7. The normalized spacial score (nSPS) is 20.1. The highest BCUT2D eigenvalue weighted by Gasteiger charge is 2.35. The molecule has 1 aliphatic rings. The fourth-order valence-electron chi connectivity index (χ4n) is 3.52. The second-order valence-corrected chi connectivity index (χ2v) is 7.06. The van der Waals surface area contributed by atoms with Crippen LogP contribution in [0.25, 0.3) is 0 Å². The average Bonchev–Trinajstić information content (AvgIpc) is 3.03. The van der Waals surface area contributed by atoms with Crippen molar-refractivity contribution in [3.63, 3.8) is 0 Å². The van der Waals surface area contributed by atoms with Gasteiger partial charge in [-0.2, -0.15) is 0 Å². The van der Waals surface area contributed by atoms with Crippen molar-refractivity contribution < 1.29 is 9.59 Å². The van der Waals surface area contributed by atoms with Gasteiger partial charge in [-0.05, 0) is 30.7 Å². The van der Waals surface area contributed by atoms with Gasteiger partial charge in [0.25, 0.3) is 0 Å². The average molecular weight is 403 g/mol. The van der Waals surface area contributed by atoms with E-state index in [1.54, 1.807) is 24.3 Å². The van der Waals surface area contributed by atoms with E-state index in [0.29, 0.717) is 17.9 Å². The molecule has 1 aliphatic heterocycles. The molecule has 1 saturated heterocycles. The smallest absolute Gasteiger partial charge is 0.241 e. The summed E-state index contributed by atoms with van der Waals surface area (Å²) in [5.74, 6) is -0.00900. The number of halogens is 1. The lowest BCUT2D eigenvalue weighted by molar-refractivity contribution is -0.120. The van der Waals surface area contributed by atoms with E-state index in [4.69, 9.17) is 5.73 Å². The van der Waals surface area contributed by atoms with Crippen LogP contribution < -0.4 is 16.4 Å². The van der Waals surface area contributed by atoms with Gasteiger partial charge in [0.15, 0.2) is 0 Å². The molecular weight excluding hydrogens is 376 g/mol. The number of nitrogens with one attached hydrogen (secondary N) is 2. The van der Waals surface area contributed by atoms with Gasteiger partial charge in [0, 0.05) is 43.3 Å². The zero-order valence-corrected chi connectivity index (χ0v) is 16.9. The molecule has 150 valence electrons. The van der Waals surface area contributed by atoms with Crippen LogP contribution in [0, 0.1) is 0 Å². The van der Waals surface area contributed by atoms with E-state index >= 15 is 0 Å². The number of carbonyl (C=O) groups excluding carboxylic acids is 2. The molecule has 0 aromatic heterocycles. The van der Waals surface area contributed by atoms with Crippen LogP contribution in [0.3, 0.4) is 0 Å². The number of nitrogens with zero attached hydrogens (tertiary/aromatic N) is 1. The van der Waals surface area contributed by atoms with Crippen LogP contribution in [0.2, 0.25) is 0 Å². The summed E-state index contributed by atoms with van der Waals surface area (Å²) in [4.78, 5) is 26.0. The van der Waals surface area contributed by atoms with Crippen LogP contribution in [0.15, 0.2) is 54.6 Å². The topological polar surface area (TPSA) is 87.5 Å². The van der Waals surface area contributed by atoms with E-state index in [1.807, 2.05) is 25.1 Å². The first kappa shape index (κ1) is 21.9. The second kappa shape index (κ2) is 9.68. The van der Waals surface area contributed by atoms with E-state index in [9.17, 15) is 9.59 Å². The number of anilines is 2. The van der Waals surface area contributed by atoms with Gasteiger partial charge in [-0.1, -0.05) is 36.4 Å². The summed E-state index contributed by atoms with van der Waals surface area (Å²) in [6.45, 7) is 4.78. The Morgan fingerprint density at radius 1 is 1.04 bits per heavy atom. The number of benzene rings is 2. The van der Waals surface area contributed by atoms with Gasteiger partial charge >= 0.3 is 0 Å². The third-order valence-corrected chi connectivity index (χ3v) is 5.00. The minimum atomic E-state index is -0.297. The molecule has 0 radical (unpaired) electrons. The predicted octanol–water partition coefficient (Wildman–Crippen LogP) is 2.82. The number of likely N-dealkylation sites (tertiary alicyclic amines) is 1. The van der Waals surface area contributed by atoms with Gasteiger partial charge in [0.1, 0.15) is 0 Å². The standard InChI is InChI=1S/C21H26N4O2.ClH/c1-14(21(27)24-18-10-6-9-17(11-18)23-15(2)26)25-12-19(20(22)13-25)16-7-4-3-5-8-16;/h3-11,14,19-20H,12-13,22H2,1-2H3,(H,23,26)(H,24,27);1H/t14?,19-,20+;/m0./s1. The van der Waals surface area contributed by atoms with E-state index < -0.39 is 0 Å². The molecule has 2 aromatic carbocycles. The molecule has 28 heavy (non-hydrogen) atoms. The van der Waals surface area contributed by atoms with E-state index in [0.717, 1.165) is 6.54 Å². The Hall–Kier alpha value is -2.41. The van der Waals surface area contributed by atoms with Crippen LogP contribution in [-0.2, 0) is 9.59 Å². The highest BCUT2D eigenvalue weighted by molar-refractivity contribution is 5.96. The van der Waals surface area contributed by atoms with Crippen LogP contribution >= 0.6 is 12.4 Å². The lowest BCUT2D eigenvalue weighted by Crippen LogP contribution is -2.41. The first-order valence-electron chi connectivity index (χ1n) is 9.17. The molecule has 7 heteroatoms. The van der Waals surface area contributed by atoms with Crippen molar-refractivity contribution in [3.05, 3.63) is 60.2 Å². The molecule has 1 fully saturated rings. The molecule has 3 rings (SSSR count). The molecule has 2 amide bonds. The zero-order chi connectivity index (χ0) is 19.4. The summed E-state index contributed by atoms with van der Waals surface area (Å²) in [6.07, 6.45) is 0. The number of rotatable bonds is 5. The molecule has 1 heterocycles. The van der Waals surface area contributed by atoms with Crippen molar-refractivity contribution in [1.29, 1.82) is 0 Å². The Morgan fingerprint density at radius 3 is 2.32 bits per heavy atom. The number of hydrogen-bond donors (Lipinski definition) is 3. The summed E-state index contributed by atoms with van der Waals surface area (Å²) >= 11 is 0.